The number of likely N-dealkylation sites (tertiary alicyclic amines) is 1. The van der Waals surface area contributed by atoms with Gasteiger partial charge in [-0.2, -0.15) is 0 Å². The van der Waals surface area contributed by atoms with Crippen LogP contribution in [0.4, 0.5) is 0 Å². The molecule has 2 aromatic heterocycles. The fourth-order valence-corrected chi connectivity index (χ4v) is 2.68. The molecule has 0 saturated carbocycles. The predicted molar refractivity (Wildman–Crippen MR) is 82.2 cm³/mol. The van der Waals surface area contributed by atoms with E-state index in [9.17, 15) is 4.79 Å². The summed E-state index contributed by atoms with van der Waals surface area (Å²) < 4.78 is 11.2. The minimum absolute atomic E-state index is 0.116. The average Bonchev–Trinajstić information content (AvgIpc) is 2.96. The van der Waals surface area contributed by atoms with Crippen LogP contribution < -0.4 is 4.74 Å². The zero-order chi connectivity index (χ0) is 15.5. The Morgan fingerprint density at radius 3 is 2.77 bits per heavy atom. The van der Waals surface area contributed by atoms with Crippen LogP contribution in [0.5, 0.6) is 5.75 Å². The van der Waals surface area contributed by atoms with Gasteiger partial charge in [0, 0.05) is 43.9 Å². The maximum atomic E-state index is 12.3. The molecular formula is C16H17ClN2O3. The molecule has 22 heavy (non-hydrogen) atoms. The fraction of sp³-hybridized carbons (Fsp3) is 0.375. The second-order valence-electron chi connectivity index (χ2n) is 5.35. The number of aryl methyl sites for hydroxylation is 1. The van der Waals surface area contributed by atoms with Crippen molar-refractivity contribution in [2.75, 3.05) is 13.1 Å². The van der Waals surface area contributed by atoms with E-state index < -0.39 is 0 Å². The molecule has 0 bridgehead atoms. The van der Waals surface area contributed by atoms with Crippen LogP contribution in [-0.2, 0) is 0 Å². The third kappa shape index (κ3) is 3.25. The van der Waals surface area contributed by atoms with Gasteiger partial charge in [0.15, 0.2) is 11.0 Å². The largest absolute Gasteiger partial charge is 0.490 e. The lowest BCUT2D eigenvalue weighted by atomic mass is 10.1. The Bertz CT molecular complexity index is 663. The minimum atomic E-state index is -0.120. The molecule has 3 heterocycles. The van der Waals surface area contributed by atoms with Crippen molar-refractivity contribution >= 4 is 17.5 Å². The highest BCUT2D eigenvalue weighted by atomic mass is 35.5. The molecule has 1 aliphatic rings. The number of piperidine rings is 1. The van der Waals surface area contributed by atoms with Gasteiger partial charge in [0.25, 0.3) is 5.91 Å². The number of ether oxygens (including phenoxy) is 1. The molecule has 0 radical (unpaired) electrons. The number of hydrogen-bond acceptors (Lipinski definition) is 4. The SMILES string of the molecule is Cc1cnccc1OC1CCN(C(=O)c2ccc(Cl)o2)CC1. The van der Waals surface area contributed by atoms with Crippen LogP contribution in [0.3, 0.4) is 0 Å². The monoisotopic (exact) mass is 320 g/mol. The summed E-state index contributed by atoms with van der Waals surface area (Å²) in [4.78, 5) is 18.1. The molecule has 5 nitrogen and oxygen atoms in total. The molecule has 2 aromatic rings. The molecule has 0 aliphatic carbocycles. The van der Waals surface area contributed by atoms with Crippen molar-refractivity contribution in [2.24, 2.45) is 0 Å². The van der Waals surface area contributed by atoms with E-state index in [0.717, 1.165) is 24.2 Å². The number of carbonyl (C=O) groups is 1. The first kappa shape index (κ1) is 14.9. The van der Waals surface area contributed by atoms with Gasteiger partial charge in [0.2, 0.25) is 0 Å². The number of nitrogens with zero attached hydrogens (tertiary/aromatic N) is 2. The van der Waals surface area contributed by atoms with Gasteiger partial charge in [-0.05, 0) is 36.7 Å². The molecule has 6 heteroatoms. The number of rotatable bonds is 3. The van der Waals surface area contributed by atoms with Crippen molar-refractivity contribution in [1.82, 2.24) is 9.88 Å². The van der Waals surface area contributed by atoms with Crippen LogP contribution in [0.2, 0.25) is 5.22 Å². The standard InChI is InChI=1S/C16H17ClN2O3/c1-11-10-18-7-4-13(11)21-12-5-8-19(9-6-12)16(20)14-2-3-15(17)22-14/h2-4,7,10,12H,5-6,8-9H2,1H3. The van der Waals surface area contributed by atoms with Crippen LogP contribution in [-0.4, -0.2) is 35.0 Å². The average molecular weight is 321 g/mol. The van der Waals surface area contributed by atoms with Gasteiger partial charge in [0.05, 0.1) is 0 Å². The van der Waals surface area contributed by atoms with Gasteiger partial charge in [-0.15, -0.1) is 0 Å². The lowest BCUT2D eigenvalue weighted by Crippen LogP contribution is -2.41. The maximum absolute atomic E-state index is 12.3. The first-order valence-electron chi connectivity index (χ1n) is 7.25. The topological polar surface area (TPSA) is 55.6 Å². The third-order valence-corrected chi connectivity index (χ3v) is 3.98. The summed E-state index contributed by atoms with van der Waals surface area (Å²) in [7, 11) is 0. The van der Waals surface area contributed by atoms with Crippen molar-refractivity contribution in [2.45, 2.75) is 25.9 Å². The smallest absolute Gasteiger partial charge is 0.289 e. The lowest BCUT2D eigenvalue weighted by molar-refractivity contribution is 0.0565. The molecule has 1 fully saturated rings. The van der Waals surface area contributed by atoms with Gasteiger partial charge in [0.1, 0.15) is 11.9 Å². The van der Waals surface area contributed by atoms with E-state index in [1.165, 1.54) is 0 Å². The zero-order valence-electron chi connectivity index (χ0n) is 12.3. The fourth-order valence-electron chi connectivity index (χ4n) is 2.53. The number of carbonyl (C=O) groups excluding carboxylic acids is 1. The number of hydrogen-bond donors (Lipinski definition) is 0. The van der Waals surface area contributed by atoms with Gasteiger partial charge in [-0.25, -0.2) is 0 Å². The van der Waals surface area contributed by atoms with Crippen LogP contribution in [0.25, 0.3) is 0 Å². The number of pyridine rings is 1. The van der Waals surface area contributed by atoms with Crippen LogP contribution >= 0.6 is 11.6 Å². The lowest BCUT2D eigenvalue weighted by Gasteiger charge is -2.31. The Balaban J connectivity index is 1.56. The number of halogens is 1. The van der Waals surface area contributed by atoms with Gasteiger partial charge < -0.3 is 14.1 Å². The van der Waals surface area contributed by atoms with E-state index in [0.29, 0.717) is 13.1 Å². The summed E-state index contributed by atoms with van der Waals surface area (Å²) >= 11 is 5.71. The molecule has 0 atom stereocenters. The van der Waals surface area contributed by atoms with Crippen molar-refractivity contribution in [3.63, 3.8) is 0 Å². The molecule has 116 valence electrons. The Morgan fingerprint density at radius 2 is 2.14 bits per heavy atom. The number of furan rings is 1. The van der Waals surface area contributed by atoms with Gasteiger partial charge in [-0.1, -0.05) is 0 Å². The van der Waals surface area contributed by atoms with Crippen molar-refractivity contribution in [3.8, 4) is 5.75 Å². The normalized spacial score (nSPS) is 15.8. The van der Waals surface area contributed by atoms with Crippen molar-refractivity contribution < 1.29 is 13.9 Å². The Hall–Kier alpha value is -2.01. The second kappa shape index (κ2) is 6.40. The van der Waals surface area contributed by atoms with E-state index in [4.69, 9.17) is 20.8 Å². The Labute approximate surface area is 133 Å². The summed E-state index contributed by atoms with van der Waals surface area (Å²) in [6.45, 7) is 3.26. The Kier molecular flexibility index (Phi) is 4.34. The van der Waals surface area contributed by atoms with E-state index in [-0.39, 0.29) is 23.0 Å². The van der Waals surface area contributed by atoms with Gasteiger partial charge >= 0.3 is 0 Å². The molecule has 1 aliphatic heterocycles. The van der Waals surface area contributed by atoms with Crippen molar-refractivity contribution in [3.05, 3.63) is 47.1 Å². The highest BCUT2D eigenvalue weighted by Crippen LogP contribution is 2.23. The highest BCUT2D eigenvalue weighted by molar-refractivity contribution is 6.29. The molecule has 0 aromatic carbocycles. The van der Waals surface area contributed by atoms with E-state index in [1.54, 1.807) is 29.4 Å². The summed E-state index contributed by atoms with van der Waals surface area (Å²) in [6, 6.07) is 5.06. The molecule has 1 amide bonds. The van der Waals surface area contributed by atoms with E-state index in [1.807, 2.05) is 13.0 Å². The highest BCUT2D eigenvalue weighted by Gasteiger charge is 2.26. The van der Waals surface area contributed by atoms with Crippen LogP contribution in [0.1, 0.15) is 29.0 Å². The maximum Gasteiger partial charge on any atom is 0.289 e. The molecular weight excluding hydrogens is 304 g/mol. The van der Waals surface area contributed by atoms with E-state index >= 15 is 0 Å². The first-order chi connectivity index (χ1) is 10.6. The quantitative estimate of drug-likeness (QED) is 0.870. The summed E-state index contributed by atoms with van der Waals surface area (Å²) in [5.74, 6) is 1.03. The third-order valence-electron chi connectivity index (χ3n) is 3.78. The predicted octanol–water partition coefficient (Wildman–Crippen LogP) is 3.32. The second-order valence-corrected chi connectivity index (χ2v) is 5.73. The number of aromatic nitrogens is 1. The van der Waals surface area contributed by atoms with E-state index in [2.05, 4.69) is 4.98 Å². The van der Waals surface area contributed by atoms with Crippen molar-refractivity contribution in [1.29, 1.82) is 0 Å². The summed E-state index contributed by atoms with van der Waals surface area (Å²) in [6.07, 6.45) is 5.21. The zero-order valence-corrected chi connectivity index (χ0v) is 13.0. The molecule has 0 unspecified atom stereocenters. The summed E-state index contributed by atoms with van der Waals surface area (Å²) in [5, 5.41) is 0.231. The molecule has 0 spiro atoms. The minimum Gasteiger partial charge on any atom is -0.490 e. The van der Waals surface area contributed by atoms with Gasteiger partial charge in [-0.3, -0.25) is 9.78 Å². The molecule has 0 N–H and O–H groups in total. The first-order valence-corrected chi connectivity index (χ1v) is 7.63. The summed E-state index contributed by atoms with van der Waals surface area (Å²) in [5.41, 5.74) is 1.02. The molecule has 1 saturated heterocycles. The van der Waals surface area contributed by atoms with Crippen LogP contribution in [0.15, 0.2) is 35.0 Å². The molecule has 3 rings (SSSR count). The number of amides is 1. The Morgan fingerprint density at radius 1 is 1.36 bits per heavy atom. The van der Waals surface area contributed by atoms with Crippen LogP contribution in [0, 0.1) is 6.92 Å².